The molecule has 0 saturated heterocycles. The van der Waals surface area contributed by atoms with Gasteiger partial charge in [-0.2, -0.15) is 0 Å². The molecular weight excluding hydrogens is 446 g/mol. The molecule has 0 aliphatic carbocycles. The molecule has 10 N–H and O–H groups in total. The molecule has 34 heavy (non-hydrogen) atoms. The first-order valence-electron chi connectivity index (χ1n) is 10.1. The van der Waals surface area contributed by atoms with Crippen LogP contribution in [0.15, 0.2) is 49.3 Å². The van der Waals surface area contributed by atoms with Crippen LogP contribution in [0.2, 0.25) is 0 Å². The number of nitrogens with zero attached hydrogens (tertiary/aromatic N) is 2. The number of aromatic nitrogens is 4. The number of benzene rings is 1. The molecule has 0 saturated carbocycles. The van der Waals surface area contributed by atoms with Crippen molar-refractivity contribution < 1.29 is 29.3 Å². The fraction of sp³-hybridized carbons (Fsp3) is 0.286. The van der Waals surface area contributed by atoms with Crippen molar-refractivity contribution in [2.24, 2.45) is 17.2 Å². The summed E-state index contributed by atoms with van der Waals surface area (Å²) in [6, 6.07) is 3.81. The number of nitrogens with one attached hydrogen (secondary N) is 2. The van der Waals surface area contributed by atoms with Crippen molar-refractivity contribution in [1.29, 1.82) is 0 Å². The van der Waals surface area contributed by atoms with Crippen molar-refractivity contribution in [3.8, 4) is 5.75 Å². The number of aromatic amines is 2. The van der Waals surface area contributed by atoms with Crippen LogP contribution in [0.3, 0.4) is 0 Å². The topological polar surface area (TPSA) is 236 Å². The van der Waals surface area contributed by atoms with Gasteiger partial charge >= 0.3 is 17.9 Å². The van der Waals surface area contributed by atoms with Gasteiger partial charge in [0.15, 0.2) is 0 Å². The molecule has 0 unspecified atom stereocenters. The van der Waals surface area contributed by atoms with Gasteiger partial charge in [-0.05, 0) is 24.1 Å². The maximum atomic E-state index is 11.9. The highest BCUT2D eigenvalue weighted by Gasteiger charge is 2.18. The van der Waals surface area contributed by atoms with Crippen molar-refractivity contribution in [2.45, 2.75) is 37.4 Å². The van der Waals surface area contributed by atoms with Crippen LogP contribution in [0.1, 0.15) is 17.0 Å². The van der Waals surface area contributed by atoms with E-state index < -0.39 is 36.0 Å². The number of rotatable bonds is 10. The molecule has 13 heteroatoms. The number of hydrogen-bond acceptors (Lipinski definition) is 9. The second-order valence-corrected chi connectivity index (χ2v) is 7.29. The van der Waals surface area contributed by atoms with Crippen LogP contribution < -0.4 is 21.9 Å². The number of H-pyrrole nitrogens is 2. The minimum absolute atomic E-state index is 0.197. The van der Waals surface area contributed by atoms with E-state index in [4.69, 9.17) is 32.2 Å². The van der Waals surface area contributed by atoms with Crippen molar-refractivity contribution in [3.05, 3.63) is 66.3 Å². The Morgan fingerprint density at radius 2 is 1.26 bits per heavy atom. The van der Waals surface area contributed by atoms with Gasteiger partial charge in [-0.1, -0.05) is 12.1 Å². The lowest BCUT2D eigenvalue weighted by Crippen LogP contribution is -2.36. The summed E-state index contributed by atoms with van der Waals surface area (Å²) in [5, 5.41) is 17.2. The van der Waals surface area contributed by atoms with Crippen molar-refractivity contribution in [1.82, 2.24) is 19.9 Å². The van der Waals surface area contributed by atoms with E-state index in [1.54, 1.807) is 36.7 Å². The van der Waals surface area contributed by atoms with E-state index in [1.807, 2.05) is 0 Å². The van der Waals surface area contributed by atoms with Crippen molar-refractivity contribution in [2.75, 3.05) is 0 Å². The molecule has 0 bridgehead atoms. The minimum Gasteiger partial charge on any atom is -0.480 e. The molecule has 0 aliphatic heterocycles. The molecule has 1 aromatic carbocycles. The predicted molar refractivity (Wildman–Crippen MR) is 120 cm³/mol. The Morgan fingerprint density at radius 3 is 1.71 bits per heavy atom. The zero-order chi connectivity index (χ0) is 25.1. The average molecular weight is 473 g/mol. The second-order valence-electron chi connectivity index (χ2n) is 7.29. The average Bonchev–Trinajstić information content (AvgIpc) is 3.49. The lowest BCUT2D eigenvalue weighted by atomic mass is 10.1. The van der Waals surface area contributed by atoms with Crippen LogP contribution >= 0.6 is 0 Å². The van der Waals surface area contributed by atoms with Gasteiger partial charge in [0.1, 0.15) is 23.9 Å². The van der Waals surface area contributed by atoms with E-state index in [9.17, 15) is 14.4 Å². The number of ether oxygens (including phenoxy) is 1. The molecule has 3 aromatic rings. The molecule has 182 valence electrons. The quantitative estimate of drug-likeness (QED) is 0.142. The zero-order valence-corrected chi connectivity index (χ0v) is 18.1. The van der Waals surface area contributed by atoms with Crippen LogP contribution in [-0.2, 0) is 33.6 Å². The fourth-order valence-electron chi connectivity index (χ4n) is 2.65. The third-order valence-electron chi connectivity index (χ3n) is 4.50. The number of aliphatic carboxylic acids is 2. The summed E-state index contributed by atoms with van der Waals surface area (Å²) in [6.45, 7) is 0. The highest BCUT2D eigenvalue weighted by atomic mass is 16.5. The number of carbonyl (C=O) groups is 3. The molecule has 0 fully saturated rings. The Kier molecular flexibility index (Phi) is 9.89. The summed E-state index contributed by atoms with van der Waals surface area (Å²) >= 11 is 0. The number of carbonyl (C=O) groups excluding carboxylic acids is 1. The Balaban J connectivity index is 0.000000310. The van der Waals surface area contributed by atoms with Crippen LogP contribution in [0.5, 0.6) is 5.75 Å². The Morgan fingerprint density at radius 1 is 0.794 bits per heavy atom. The molecule has 2 heterocycles. The summed E-state index contributed by atoms with van der Waals surface area (Å²) in [5.74, 6) is -2.30. The standard InChI is InChI=1S/C15H18N4O4.C6H9N3O2/c16-12(14(20)21)5-9-1-3-11(4-2-9)23-15(22)13(17)6-10-7-18-8-19-10;7-5(6(10)11)1-4-2-8-3-9-4/h1-4,7-8,12-13H,5-6,16-17H2,(H,18,19)(H,20,21);2-3,5H,1,7H2,(H,8,9)(H,10,11)/t12-,13-;5-/m00/s1. The van der Waals surface area contributed by atoms with E-state index in [1.165, 1.54) is 12.7 Å². The normalized spacial score (nSPS) is 13.1. The van der Waals surface area contributed by atoms with Gasteiger partial charge in [-0.3, -0.25) is 9.59 Å². The largest absolute Gasteiger partial charge is 0.480 e. The van der Waals surface area contributed by atoms with Gasteiger partial charge in [0.2, 0.25) is 0 Å². The molecule has 0 amide bonds. The van der Waals surface area contributed by atoms with Gasteiger partial charge in [-0.15, -0.1) is 0 Å². The SMILES string of the molecule is N[C@@H](Cc1c[nH]cn1)C(=O)O.N[C@@H](Cc1ccc(OC(=O)[C@@H](N)Cc2c[nH]cn2)cc1)C(=O)O. The Bertz CT molecular complexity index is 1040. The summed E-state index contributed by atoms with van der Waals surface area (Å²) < 4.78 is 5.18. The monoisotopic (exact) mass is 473 g/mol. The van der Waals surface area contributed by atoms with Crippen LogP contribution in [0.4, 0.5) is 0 Å². The Labute approximate surface area is 194 Å². The first-order chi connectivity index (χ1) is 16.2. The summed E-state index contributed by atoms with van der Waals surface area (Å²) in [4.78, 5) is 46.2. The molecule has 2 aromatic heterocycles. The van der Waals surface area contributed by atoms with Crippen molar-refractivity contribution in [3.63, 3.8) is 0 Å². The second kappa shape index (κ2) is 12.8. The molecule has 13 nitrogen and oxygen atoms in total. The highest BCUT2D eigenvalue weighted by molar-refractivity contribution is 5.78. The molecule has 0 aliphatic rings. The van der Waals surface area contributed by atoms with Crippen LogP contribution in [0.25, 0.3) is 0 Å². The predicted octanol–water partition coefficient (Wildman–Crippen LogP) is -0.796. The number of hydrogen-bond donors (Lipinski definition) is 7. The molecule has 0 spiro atoms. The maximum Gasteiger partial charge on any atom is 0.328 e. The third-order valence-corrected chi connectivity index (χ3v) is 4.50. The van der Waals surface area contributed by atoms with Gasteiger partial charge in [0.25, 0.3) is 0 Å². The van der Waals surface area contributed by atoms with Crippen LogP contribution in [-0.4, -0.2) is 66.2 Å². The van der Waals surface area contributed by atoms with Crippen LogP contribution in [0, 0.1) is 0 Å². The molecule has 0 radical (unpaired) electrons. The summed E-state index contributed by atoms with van der Waals surface area (Å²) in [6.07, 6.45) is 7.02. The number of esters is 1. The minimum atomic E-state index is -1.06. The highest BCUT2D eigenvalue weighted by Crippen LogP contribution is 2.14. The lowest BCUT2D eigenvalue weighted by Gasteiger charge is -2.11. The number of imidazole rings is 2. The first kappa shape index (κ1) is 26.2. The van der Waals surface area contributed by atoms with Gasteiger partial charge in [0, 0.05) is 25.2 Å². The third kappa shape index (κ3) is 8.82. The molecule has 3 atom stereocenters. The summed E-state index contributed by atoms with van der Waals surface area (Å²) in [5.41, 5.74) is 18.6. The zero-order valence-electron chi connectivity index (χ0n) is 18.1. The number of carboxylic acids is 2. The lowest BCUT2D eigenvalue weighted by molar-refractivity contribution is -0.139. The van der Waals surface area contributed by atoms with Gasteiger partial charge in [0.05, 0.1) is 24.0 Å². The Hall–Kier alpha value is -4.07. The smallest absolute Gasteiger partial charge is 0.328 e. The van der Waals surface area contributed by atoms with E-state index in [-0.39, 0.29) is 19.3 Å². The van der Waals surface area contributed by atoms with Crippen molar-refractivity contribution >= 4 is 17.9 Å². The number of nitrogens with two attached hydrogens (primary N) is 3. The van der Waals surface area contributed by atoms with E-state index in [0.29, 0.717) is 17.1 Å². The van der Waals surface area contributed by atoms with E-state index in [2.05, 4.69) is 19.9 Å². The summed E-state index contributed by atoms with van der Waals surface area (Å²) in [7, 11) is 0. The number of carboxylic acid groups (broad SMARTS) is 2. The molecule has 3 rings (SSSR count). The first-order valence-corrected chi connectivity index (χ1v) is 10.1. The fourth-order valence-corrected chi connectivity index (χ4v) is 2.65. The van der Waals surface area contributed by atoms with Gasteiger partial charge < -0.3 is 42.1 Å². The van der Waals surface area contributed by atoms with E-state index in [0.717, 1.165) is 5.56 Å². The maximum absolute atomic E-state index is 11.9. The molecular formula is C21H27N7O6. The van der Waals surface area contributed by atoms with Gasteiger partial charge in [-0.25, -0.2) is 14.8 Å². The van der Waals surface area contributed by atoms with E-state index >= 15 is 0 Å².